The molecule has 1 saturated heterocycles. The average Bonchev–Trinajstić information content (AvgIpc) is 3.00. The molecule has 112 valence electrons. The monoisotopic (exact) mass is 285 g/mol. The third kappa shape index (κ3) is 3.42. The van der Waals surface area contributed by atoms with Crippen molar-refractivity contribution in [3.8, 4) is 0 Å². The van der Waals surface area contributed by atoms with Gasteiger partial charge in [0.15, 0.2) is 0 Å². The Bertz CT molecular complexity index is 566. The Hall–Kier alpha value is -1.88. The van der Waals surface area contributed by atoms with Crippen LogP contribution in [0.3, 0.4) is 0 Å². The first-order chi connectivity index (χ1) is 10.2. The van der Waals surface area contributed by atoms with Crippen LogP contribution >= 0.6 is 0 Å². The number of imidazole rings is 1. The molecule has 0 bridgehead atoms. The first-order valence-corrected chi connectivity index (χ1v) is 7.58. The second kappa shape index (κ2) is 6.26. The lowest BCUT2D eigenvalue weighted by Crippen LogP contribution is -2.46. The number of nitrogens with zero attached hydrogens (tertiary/aromatic N) is 4. The van der Waals surface area contributed by atoms with Crippen molar-refractivity contribution in [2.75, 3.05) is 25.0 Å². The number of aromatic amines is 1. The zero-order valence-electron chi connectivity index (χ0n) is 12.8. The molecule has 3 heterocycles. The maximum Gasteiger partial charge on any atom is 0.128 e. The minimum Gasteiger partial charge on any atom is -0.355 e. The molecule has 0 saturated carbocycles. The van der Waals surface area contributed by atoms with Gasteiger partial charge in [0.05, 0.1) is 6.33 Å². The van der Waals surface area contributed by atoms with Crippen LogP contribution in [0.25, 0.3) is 0 Å². The summed E-state index contributed by atoms with van der Waals surface area (Å²) < 4.78 is 0. The molecule has 0 amide bonds. The van der Waals surface area contributed by atoms with Gasteiger partial charge >= 0.3 is 0 Å². The SMILES string of the molecule is Cc1cccc(N2CCCC(N(C)Cc3cnc[nH]3)C2)n1. The summed E-state index contributed by atoms with van der Waals surface area (Å²) >= 11 is 0. The lowest BCUT2D eigenvalue weighted by Gasteiger charge is -2.38. The standard InChI is InChI=1S/C16H23N5/c1-13-5-3-7-16(19-13)21-8-4-6-15(11-21)20(2)10-14-9-17-12-18-14/h3,5,7,9,12,15H,4,6,8,10-11H2,1-2H3,(H,17,18). The summed E-state index contributed by atoms with van der Waals surface area (Å²) in [5, 5.41) is 0. The Balaban J connectivity index is 1.65. The molecule has 2 aromatic rings. The molecular formula is C16H23N5. The number of H-pyrrole nitrogens is 1. The van der Waals surface area contributed by atoms with Crippen LogP contribution < -0.4 is 4.90 Å². The van der Waals surface area contributed by atoms with E-state index in [-0.39, 0.29) is 0 Å². The number of aromatic nitrogens is 3. The van der Waals surface area contributed by atoms with Crippen molar-refractivity contribution in [2.45, 2.75) is 32.4 Å². The molecule has 5 heteroatoms. The van der Waals surface area contributed by atoms with Crippen molar-refractivity contribution >= 4 is 5.82 Å². The molecule has 0 spiro atoms. The minimum atomic E-state index is 0.560. The van der Waals surface area contributed by atoms with Gasteiger partial charge in [0.2, 0.25) is 0 Å². The highest BCUT2D eigenvalue weighted by Gasteiger charge is 2.24. The normalized spacial score (nSPS) is 19.2. The van der Waals surface area contributed by atoms with Crippen LogP contribution in [-0.2, 0) is 6.54 Å². The number of hydrogen-bond donors (Lipinski definition) is 1. The van der Waals surface area contributed by atoms with E-state index < -0.39 is 0 Å². The van der Waals surface area contributed by atoms with E-state index in [2.05, 4.69) is 56.9 Å². The molecule has 1 atom stereocenters. The zero-order valence-corrected chi connectivity index (χ0v) is 12.8. The van der Waals surface area contributed by atoms with E-state index in [4.69, 9.17) is 0 Å². The van der Waals surface area contributed by atoms with Crippen molar-refractivity contribution in [1.29, 1.82) is 0 Å². The number of pyridine rings is 1. The Labute approximate surface area is 126 Å². The third-order valence-electron chi connectivity index (χ3n) is 4.19. The molecular weight excluding hydrogens is 262 g/mol. The van der Waals surface area contributed by atoms with Crippen LogP contribution in [0.5, 0.6) is 0 Å². The molecule has 21 heavy (non-hydrogen) atoms. The van der Waals surface area contributed by atoms with E-state index in [9.17, 15) is 0 Å². The van der Waals surface area contributed by atoms with Gasteiger partial charge in [-0.1, -0.05) is 6.07 Å². The van der Waals surface area contributed by atoms with Crippen molar-refractivity contribution < 1.29 is 0 Å². The van der Waals surface area contributed by atoms with Crippen molar-refractivity contribution in [3.05, 3.63) is 42.1 Å². The Morgan fingerprint density at radius 2 is 2.33 bits per heavy atom. The highest BCUT2D eigenvalue weighted by molar-refractivity contribution is 5.40. The first kappa shape index (κ1) is 14.1. The predicted octanol–water partition coefficient (Wildman–Crippen LogP) is 2.21. The van der Waals surface area contributed by atoms with E-state index in [0.717, 1.165) is 31.1 Å². The topological polar surface area (TPSA) is 48.0 Å². The van der Waals surface area contributed by atoms with Crippen molar-refractivity contribution in [3.63, 3.8) is 0 Å². The van der Waals surface area contributed by atoms with Gasteiger partial charge in [-0.05, 0) is 38.9 Å². The zero-order chi connectivity index (χ0) is 14.7. The summed E-state index contributed by atoms with van der Waals surface area (Å²) in [4.78, 5) is 16.7. The molecule has 1 aliphatic rings. The molecule has 1 unspecified atom stereocenters. The third-order valence-corrected chi connectivity index (χ3v) is 4.19. The molecule has 2 aromatic heterocycles. The summed E-state index contributed by atoms with van der Waals surface area (Å²) in [7, 11) is 2.19. The molecule has 1 aliphatic heterocycles. The number of aryl methyl sites for hydroxylation is 1. The number of anilines is 1. The Morgan fingerprint density at radius 1 is 1.43 bits per heavy atom. The van der Waals surface area contributed by atoms with E-state index in [0.29, 0.717) is 6.04 Å². The van der Waals surface area contributed by atoms with Gasteiger partial charge in [-0.3, -0.25) is 4.90 Å². The number of nitrogens with one attached hydrogen (secondary N) is 1. The Kier molecular flexibility index (Phi) is 4.20. The molecule has 0 radical (unpaired) electrons. The molecule has 0 aromatic carbocycles. The van der Waals surface area contributed by atoms with Crippen LogP contribution in [0, 0.1) is 6.92 Å². The lowest BCUT2D eigenvalue weighted by molar-refractivity contribution is 0.205. The van der Waals surface area contributed by atoms with Gasteiger partial charge in [-0.15, -0.1) is 0 Å². The van der Waals surface area contributed by atoms with Crippen LogP contribution in [-0.4, -0.2) is 46.0 Å². The highest BCUT2D eigenvalue weighted by atomic mass is 15.2. The van der Waals surface area contributed by atoms with Crippen molar-refractivity contribution in [1.82, 2.24) is 19.9 Å². The fourth-order valence-corrected chi connectivity index (χ4v) is 3.00. The first-order valence-electron chi connectivity index (χ1n) is 7.58. The van der Waals surface area contributed by atoms with Gasteiger partial charge in [-0.25, -0.2) is 9.97 Å². The van der Waals surface area contributed by atoms with Crippen LogP contribution in [0.1, 0.15) is 24.2 Å². The summed E-state index contributed by atoms with van der Waals surface area (Å²) in [6.45, 7) is 5.11. The molecule has 5 nitrogen and oxygen atoms in total. The average molecular weight is 285 g/mol. The van der Waals surface area contributed by atoms with Crippen LogP contribution in [0.2, 0.25) is 0 Å². The largest absolute Gasteiger partial charge is 0.355 e. The van der Waals surface area contributed by atoms with Gasteiger partial charge in [0.1, 0.15) is 5.82 Å². The Morgan fingerprint density at radius 3 is 3.10 bits per heavy atom. The maximum atomic E-state index is 4.66. The molecule has 1 N–H and O–H groups in total. The molecule has 0 aliphatic carbocycles. The second-order valence-corrected chi connectivity index (χ2v) is 5.87. The highest BCUT2D eigenvalue weighted by Crippen LogP contribution is 2.21. The summed E-state index contributed by atoms with van der Waals surface area (Å²) in [5.74, 6) is 1.11. The van der Waals surface area contributed by atoms with Crippen molar-refractivity contribution in [2.24, 2.45) is 0 Å². The van der Waals surface area contributed by atoms with E-state index >= 15 is 0 Å². The smallest absolute Gasteiger partial charge is 0.128 e. The summed E-state index contributed by atoms with van der Waals surface area (Å²) in [6.07, 6.45) is 6.10. The number of hydrogen-bond acceptors (Lipinski definition) is 4. The van der Waals surface area contributed by atoms with Gasteiger partial charge < -0.3 is 9.88 Å². The predicted molar refractivity (Wildman–Crippen MR) is 84.3 cm³/mol. The number of rotatable bonds is 4. The number of likely N-dealkylation sites (N-methyl/N-ethyl adjacent to an activating group) is 1. The second-order valence-electron chi connectivity index (χ2n) is 5.87. The quantitative estimate of drug-likeness (QED) is 0.935. The summed E-state index contributed by atoms with van der Waals surface area (Å²) in [5.41, 5.74) is 2.25. The fraction of sp³-hybridized carbons (Fsp3) is 0.500. The van der Waals surface area contributed by atoms with Gasteiger partial charge in [-0.2, -0.15) is 0 Å². The number of piperidine rings is 1. The van der Waals surface area contributed by atoms with Gasteiger partial charge in [0, 0.05) is 43.3 Å². The molecule has 3 rings (SSSR count). The lowest BCUT2D eigenvalue weighted by atomic mass is 10.0. The molecule has 1 fully saturated rings. The van der Waals surface area contributed by atoms with Crippen LogP contribution in [0.15, 0.2) is 30.7 Å². The fourth-order valence-electron chi connectivity index (χ4n) is 3.00. The van der Waals surface area contributed by atoms with Crippen LogP contribution in [0.4, 0.5) is 5.82 Å². The van der Waals surface area contributed by atoms with E-state index in [1.54, 1.807) is 6.33 Å². The maximum absolute atomic E-state index is 4.66. The minimum absolute atomic E-state index is 0.560. The van der Waals surface area contributed by atoms with E-state index in [1.807, 2.05) is 6.20 Å². The van der Waals surface area contributed by atoms with Gasteiger partial charge in [0.25, 0.3) is 0 Å². The summed E-state index contributed by atoms with van der Waals surface area (Å²) in [6, 6.07) is 6.82. The van der Waals surface area contributed by atoms with E-state index in [1.165, 1.54) is 18.5 Å².